The van der Waals surface area contributed by atoms with Crippen molar-refractivity contribution in [1.29, 1.82) is 0 Å². The fourth-order valence-electron chi connectivity index (χ4n) is 4.11. The van der Waals surface area contributed by atoms with Gasteiger partial charge in [-0.3, -0.25) is 4.79 Å². The Bertz CT molecular complexity index is 863. The van der Waals surface area contributed by atoms with Crippen LogP contribution in [0.3, 0.4) is 0 Å². The van der Waals surface area contributed by atoms with E-state index in [2.05, 4.69) is 0 Å². The Balaban J connectivity index is 2.06. The topological polar surface area (TPSA) is 77.5 Å². The lowest BCUT2D eigenvalue weighted by Crippen LogP contribution is -2.46. The van der Waals surface area contributed by atoms with Crippen LogP contribution in [0.5, 0.6) is 0 Å². The molecular formula is C23H32N2O6. The average molecular weight is 433 g/mol. The summed E-state index contributed by atoms with van der Waals surface area (Å²) in [7, 11) is 0. The SMILES string of the molecule is CCOCON1C(=O)C(c2c(C)cc(C)cc2C)=C(OC(=O)N2CCOCC2)C1(C)C. The molecule has 31 heavy (non-hydrogen) atoms. The maximum Gasteiger partial charge on any atom is 0.415 e. The molecule has 0 saturated carbocycles. The molecule has 1 aromatic carbocycles. The largest absolute Gasteiger partial charge is 0.415 e. The van der Waals surface area contributed by atoms with Crippen LogP contribution in [-0.2, 0) is 23.8 Å². The van der Waals surface area contributed by atoms with Crippen molar-refractivity contribution >= 4 is 17.6 Å². The molecule has 0 unspecified atom stereocenters. The minimum Gasteiger partial charge on any atom is -0.411 e. The van der Waals surface area contributed by atoms with E-state index >= 15 is 0 Å². The average Bonchev–Trinajstić information content (AvgIpc) is 2.89. The molecule has 170 valence electrons. The molecule has 3 rings (SSSR count). The van der Waals surface area contributed by atoms with E-state index < -0.39 is 11.6 Å². The first-order valence-corrected chi connectivity index (χ1v) is 10.6. The zero-order valence-electron chi connectivity index (χ0n) is 19.2. The third kappa shape index (κ3) is 4.61. The molecule has 2 amide bonds. The van der Waals surface area contributed by atoms with Gasteiger partial charge in [-0.15, -0.1) is 0 Å². The van der Waals surface area contributed by atoms with E-state index in [0.29, 0.717) is 38.5 Å². The van der Waals surface area contributed by atoms with Crippen LogP contribution in [0.1, 0.15) is 43.0 Å². The number of carbonyl (C=O) groups is 2. The molecule has 0 atom stereocenters. The van der Waals surface area contributed by atoms with Crippen molar-refractivity contribution in [2.75, 3.05) is 39.7 Å². The number of hydrogen-bond donors (Lipinski definition) is 0. The van der Waals surface area contributed by atoms with Crippen molar-refractivity contribution in [3.05, 3.63) is 40.1 Å². The van der Waals surface area contributed by atoms with Crippen LogP contribution in [0.25, 0.3) is 5.57 Å². The number of hydroxylamine groups is 2. The van der Waals surface area contributed by atoms with Crippen LogP contribution in [-0.4, -0.2) is 67.2 Å². The van der Waals surface area contributed by atoms with Crippen molar-refractivity contribution in [2.45, 2.75) is 47.1 Å². The normalized spacial score (nSPS) is 18.7. The number of morpholine rings is 1. The lowest BCUT2D eigenvalue weighted by molar-refractivity contribution is -0.242. The summed E-state index contributed by atoms with van der Waals surface area (Å²) in [6.45, 7) is 13.6. The van der Waals surface area contributed by atoms with Crippen molar-refractivity contribution in [3.8, 4) is 0 Å². The van der Waals surface area contributed by atoms with Crippen LogP contribution < -0.4 is 0 Å². The number of ether oxygens (including phenoxy) is 3. The second-order valence-electron chi connectivity index (χ2n) is 8.34. The highest BCUT2D eigenvalue weighted by molar-refractivity contribution is 6.23. The van der Waals surface area contributed by atoms with Crippen LogP contribution in [0.4, 0.5) is 4.79 Å². The first kappa shape index (κ1) is 23.2. The van der Waals surface area contributed by atoms with E-state index in [9.17, 15) is 9.59 Å². The van der Waals surface area contributed by atoms with E-state index in [0.717, 1.165) is 22.3 Å². The molecule has 0 spiro atoms. The fourth-order valence-corrected chi connectivity index (χ4v) is 4.11. The number of aryl methyl sites for hydroxylation is 3. The van der Waals surface area contributed by atoms with Gasteiger partial charge in [0, 0.05) is 19.7 Å². The Labute approximate surface area is 183 Å². The van der Waals surface area contributed by atoms with Crippen LogP contribution >= 0.6 is 0 Å². The first-order chi connectivity index (χ1) is 14.7. The Hall–Kier alpha value is -2.42. The fraction of sp³-hybridized carbons (Fsp3) is 0.565. The van der Waals surface area contributed by atoms with E-state index in [-0.39, 0.29) is 18.5 Å². The monoisotopic (exact) mass is 432 g/mol. The molecule has 2 aliphatic rings. The first-order valence-electron chi connectivity index (χ1n) is 10.6. The summed E-state index contributed by atoms with van der Waals surface area (Å²) in [6, 6.07) is 4.03. The molecular weight excluding hydrogens is 400 g/mol. The molecule has 0 N–H and O–H groups in total. The van der Waals surface area contributed by atoms with E-state index in [1.165, 1.54) is 5.06 Å². The highest BCUT2D eigenvalue weighted by Gasteiger charge is 2.50. The summed E-state index contributed by atoms with van der Waals surface area (Å²) in [5.41, 5.74) is 3.07. The van der Waals surface area contributed by atoms with Crippen molar-refractivity contribution < 1.29 is 28.6 Å². The molecule has 1 saturated heterocycles. The third-order valence-corrected chi connectivity index (χ3v) is 5.54. The smallest absolute Gasteiger partial charge is 0.411 e. The Morgan fingerprint density at radius 2 is 1.74 bits per heavy atom. The van der Waals surface area contributed by atoms with Gasteiger partial charge in [0.05, 0.1) is 18.8 Å². The van der Waals surface area contributed by atoms with E-state index in [1.54, 1.807) is 18.7 Å². The molecule has 0 radical (unpaired) electrons. The standard InChI is InChI=1S/C23H32N2O6/c1-7-28-14-30-25-21(26)19(18-16(3)12-15(2)13-17(18)4)20(23(25,5)6)31-22(27)24-8-10-29-11-9-24/h12-13H,7-11,14H2,1-6H3. The number of amides is 2. The van der Waals surface area contributed by atoms with Gasteiger partial charge < -0.3 is 19.1 Å². The molecule has 0 aromatic heterocycles. The lowest BCUT2D eigenvalue weighted by atomic mass is 9.91. The zero-order chi connectivity index (χ0) is 22.8. The summed E-state index contributed by atoms with van der Waals surface area (Å²) < 4.78 is 16.5. The minimum atomic E-state index is -1.00. The highest BCUT2D eigenvalue weighted by Crippen LogP contribution is 2.43. The van der Waals surface area contributed by atoms with Crippen molar-refractivity contribution in [1.82, 2.24) is 9.96 Å². The summed E-state index contributed by atoms with van der Waals surface area (Å²) in [5, 5.41) is 1.25. The van der Waals surface area contributed by atoms with Crippen LogP contribution in [0, 0.1) is 20.8 Å². The predicted molar refractivity (Wildman–Crippen MR) is 115 cm³/mol. The second-order valence-corrected chi connectivity index (χ2v) is 8.34. The van der Waals surface area contributed by atoms with Gasteiger partial charge in [-0.05, 0) is 58.2 Å². The van der Waals surface area contributed by atoms with Gasteiger partial charge in [-0.25, -0.2) is 14.7 Å². The third-order valence-electron chi connectivity index (χ3n) is 5.54. The van der Waals surface area contributed by atoms with Gasteiger partial charge in [0.15, 0.2) is 12.6 Å². The molecule has 0 aliphatic carbocycles. The van der Waals surface area contributed by atoms with Crippen molar-refractivity contribution in [2.24, 2.45) is 0 Å². The zero-order valence-corrected chi connectivity index (χ0v) is 19.2. The molecule has 2 heterocycles. The molecule has 1 fully saturated rings. The van der Waals surface area contributed by atoms with Gasteiger partial charge in [0.25, 0.3) is 5.91 Å². The summed E-state index contributed by atoms with van der Waals surface area (Å²) in [4.78, 5) is 33.7. The molecule has 8 nitrogen and oxygen atoms in total. The molecule has 1 aromatic rings. The quantitative estimate of drug-likeness (QED) is 0.507. The number of benzene rings is 1. The summed E-state index contributed by atoms with van der Waals surface area (Å²) >= 11 is 0. The minimum absolute atomic E-state index is 0.0739. The summed E-state index contributed by atoms with van der Waals surface area (Å²) in [5.74, 6) is -0.0786. The lowest BCUT2D eigenvalue weighted by Gasteiger charge is -2.33. The number of hydrogen-bond acceptors (Lipinski definition) is 6. The van der Waals surface area contributed by atoms with Gasteiger partial charge >= 0.3 is 6.09 Å². The van der Waals surface area contributed by atoms with Crippen LogP contribution in [0.2, 0.25) is 0 Å². The molecule has 8 heteroatoms. The summed E-state index contributed by atoms with van der Waals surface area (Å²) in [6.07, 6.45) is -0.495. The number of rotatable bonds is 6. The van der Waals surface area contributed by atoms with E-state index in [4.69, 9.17) is 19.0 Å². The van der Waals surface area contributed by atoms with Gasteiger partial charge in [0.1, 0.15) is 5.54 Å². The Kier molecular flexibility index (Phi) is 7.03. The van der Waals surface area contributed by atoms with Gasteiger partial charge in [0.2, 0.25) is 0 Å². The Morgan fingerprint density at radius 3 is 2.32 bits per heavy atom. The van der Waals surface area contributed by atoms with Crippen molar-refractivity contribution in [3.63, 3.8) is 0 Å². The predicted octanol–water partition coefficient (Wildman–Crippen LogP) is 3.34. The van der Waals surface area contributed by atoms with E-state index in [1.807, 2.05) is 39.8 Å². The highest BCUT2D eigenvalue weighted by atomic mass is 16.8. The van der Waals surface area contributed by atoms with Gasteiger partial charge in [-0.2, -0.15) is 0 Å². The maximum atomic E-state index is 13.5. The molecule has 0 bridgehead atoms. The van der Waals surface area contributed by atoms with Crippen LogP contribution in [0.15, 0.2) is 17.9 Å². The maximum absolute atomic E-state index is 13.5. The van der Waals surface area contributed by atoms with Gasteiger partial charge in [-0.1, -0.05) is 17.7 Å². The second kappa shape index (κ2) is 9.38. The number of carbonyl (C=O) groups excluding carboxylic acids is 2. The number of nitrogens with zero attached hydrogens (tertiary/aromatic N) is 2. The molecule has 2 aliphatic heterocycles. The Morgan fingerprint density at radius 1 is 1.13 bits per heavy atom.